The molecule has 0 amide bonds. The highest BCUT2D eigenvalue weighted by Crippen LogP contribution is 2.20. The first-order valence-electron chi connectivity index (χ1n) is 8.13. The molecule has 2 saturated heterocycles. The molecule has 1 aromatic carbocycles. The molecule has 1 aromatic rings. The number of piperidine rings is 1. The molecule has 3 nitrogen and oxygen atoms in total. The Morgan fingerprint density at radius 2 is 1.86 bits per heavy atom. The van der Waals surface area contributed by atoms with Gasteiger partial charge in [0.25, 0.3) is 0 Å². The summed E-state index contributed by atoms with van der Waals surface area (Å²) in [6.07, 6.45) is 2.39. The van der Waals surface area contributed by atoms with E-state index in [1.807, 2.05) is 6.07 Å². The molecule has 3 rings (SSSR count). The number of ether oxygens (including phenoxy) is 1. The Balaban J connectivity index is 1.50. The fourth-order valence-electron chi connectivity index (χ4n) is 3.44. The van der Waals surface area contributed by atoms with Crippen LogP contribution in [0.2, 0.25) is 0 Å². The number of hydrogen-bond donors (Lipinski definition) is 0. The Kier molecular flexibility index (Phi) is 5.69. The zero-order valence-electron chi connectivity index (χ0n) is 12.9. The van der Waals surface area contributed by atoms with Crippen LogP contribution in [0.4, 0.5) is 4.39 Å². The summed E-state index contributed by atoms with van der Waals surface area (Å²) in [5.41, 5.74) is 1.62. The Hall–Kier alpha value is -0.680. The largest absolute Gasteiger partial charge is 0.379 e. The van der Waals surface area contributed by atoms with Gasteiger partial charge in [0.2, 0.25) is 0 Å². The van der Waals surface area contributed by atoms with E-state index >= 15 is 0 Å². The molecule has 122 valence electrons. The Bertz CT molecular complexity index is 486. The minimum atomic E-state index is -0.185. The fourth-order valence-corrected chi connectivity index (χ4v) is 3.66. The number of rotatable bonds is 4. The van der Waals surface area contributed by atoms with Crippen LogP contribution in [0.15, 0.2) is 18.2 Å². The van der Waals surface area contributed by atoms with Crippen molar-refractivity contribution in [1.82, 2.24) is 9.80 Å². The second-order valence-corrected chi connectivity index (χ2v) is 6.48. The van der Waals surface area contributed by atoms with Crippen molar-refractivity contribution >= 4 is 11.6 Å². The van der Waals surface area contributed by atoms with Crippen molar-refractivity contribution < 1.29 is 9.13 Å². The first kappa shape index (κ1) is 16.2. The quantitative estimate of drug-likeness (QED) is 0.791. The van der Waals surface area contributed by atoms with Crippen molar-refractivity contribution in [3.63, 3.8) is 0 Å². The van der Waals surface area contributed by atoms with Crippen LogP contribution >= 0.6 is 11.6 Å². The van der Waals surface area contributed by atoms with E-state index in [4.69, 9.17) is 16.3 Å². The van der Waals surface area contributed by atoms with Crippen LogP contribution in [0.3, 0.4) is 0 Å². The van der Waals surface area contributed by atoms with E-state index in [0.29, 0.717) is 11.6 Å². The smallest absolute Gasteiger partial charge is 0.127 e. The van der Waals surface area contributed by atoms with E-state index in [1.54, 1.807) is 12.1 Å². The van der Waals surface area contributed by atoms with Gasteiger partial charge in [-0.25, -0.2) is 4.39 Å². The molecule has 5 heteroatoms. The Morgan fingerprint density at radius 3 is 2.50 bits per heavy atom. The lowest BCUT2D eigenvalue weighted by Gasteiger charge is -2.40. The topological polar surface area (TPSA) is 15.7 Å². The lowest BCUT2D eigenvalue weighted by molar-refractivity contribution is 0.000225. The number of halogens is 2. The molecule has 0 spiro atoms. The van der Waals surface area contributed by atoms with Gasteiger partial charge in [0.05, 0.1) is 19.1 Å². The first-order chi connectivity index (χ1) is 10.8. The number of morpholine rings is 1. The van der Waals surface area contributed by atoms with Gasteiger partial charge in [-0.05, 0) is 37.6 Å². The molecule has 0 unspecified atom stereocenters. The fraction of sp³-hybridized carbons (Fsp3) is 0.647. The monoisotopic (exact) mass is 326 g/mol. The summed E-state index contributed by atoms with van der Waals surface area (Å²) >= 11 is 5.70. The summed E-state index contributed by atoms with van der Waals surface area (Å²) in [6, 6.07) is 6.12. The second-order valence-electron chi connectivity index (χ2n) is 6.22. The maximum absolute atomic E-state index is 13.8. The van der Waals surface area contributed by atoms with Crippen LogP contribution in [0, 0.1) is 5.82 Å². The summed E-state index contributed by atoms with van der Waals surface area (Å²) in [7, 11) is 0. The predicted octanol–water partition coefficient (Wildman–Crippen LogP) is 2.86. The molecule has 2 aliphatic rings. The van der Waals surface area contributed by atoms with Crippen LogP contribution in [0.25, 0.3) is 0 Å². The molecular weight excluding hydrogens is 303 g/mol. The Labute approximate surface area is 137 Å². The van der Waals surface area contributed by atoms with Gasteiger partial charge >= 0.3 is 0 Å². The number of hydrogen-bond acceptors (Lipinski definition) is 3. The minimum Gasteiger partial charge on any atom is -0.379 e. The van der Waals surface area contributed by atoms with Crippen molar-refractivity contribution in [2.45, 2.75) is 31.3 Å². The molecule has 0 bridgehead atoms. The number of nitrogens with zero attached hydrogens (tertiary/aromatic N) is 2. The van der Waals surface area contributed by atoms with Crippen LogP contribution in [-0.2, 0) is 17.2 Å². The molecular formula is C17H24ClFN2O. The van der Waals surface area contributed by atoms with Crippen molar-refractivity contribution in [1.29, 1.82) is 0 Å². The molecule has 0 atom stereocenters. The molecule has 2 heterocycles. The van der Waals surface area contributed by atoms with Gasteiger partial charge in [-0.2, -0.15) is 0 Å². The van der Waals surface area contributed by atoms with Crippen molar-refractivity contribution in [2.24, 2.45) is 0 Å². The molecule has 2 aliphatic heterocycles. The maximum Gasteiger partial charge on any atom is 0.127 e. The minimum absolute atomic E-state index is 0.185. The van der Waals surface area contributed by atoms with Crippen LogP contribution in [-0.4, -0.2) is 55.2 Å². The Morgan fingerprint density at radius 1 is 1.14 bits per heavy atom. The second kappa shape index (κ2) is 7.73. The van der Waals surface area contributed by atoms with E-state index in [9.17, 15) is 4.39 Å². The number of likely N-dealkylation sites (tertiary alicyclic amines) is 1. The third-order valence-electron chi connectivity index (χ3n) is 4.79. The first-order valence-corrected chi connectivity index (χ1v) is 8.67. The van der Waals surface area contributed by atoms with Gasteiger partial charge < -0.3 is 4.74 Å². The lowest BCUT2D eigenvalue weighted by Crippen LogP contribution is -2.48. The molecule has 0 aliphatic carbocycles. The van der Waals surface area contributed by atoms with Gasteiger partial charge in [0.1, 0.15) is 5.82 Å². The van der Waals surface area contributed by atoms with Gasteiger partial charge in [-0.15, -0.1) is 11.6 Å². The molecule has 0 aromatic heterocycles. The predicted molar refractivity (Wildman–Crippen MR) is 86.6 cm³/mol. The SMILES string of the molecule is Fc1cc(CN2CCC(N3CCOCC3)CC2)ccc1CCl. The van der Waals surface area contributed by atoms with Gasteiger partial charge in [0, 0.05) is 31.2 Å². The third-order valence-corrected chi connectivity index (χ3v) is 5.07. The summed E-state index contributed by atoms with van der Waals surface area (Å²) < 4.78 is 19.2. The van der Waals surface area contributed by atoms with E-state index < -0.39 is 0 Å². The number of alkyl halides is 1. The van der Waals surface area contributed by atoms with E-state index in [2.05, 4.69) is 9.80 Å². The van der Waals surface area contributed by atoms with Gasteiger partial charge in [0.15, 0.2) is 0 Å². The normalized spacial score (nSPS) is 22.1. The average molecular weight is 327 g/mol. The summed E-state index contributed by atoms with van der Waals surface area (Å²) in [5.74, 6) is 0.0487. The zero-order valence-corrected chi connectivity index (χ0v) is 13.7. The van der Waals surface area contributed by atoms with E-state index in [0.717, 1.165) is 51.5 Å². The van der Waals surface area contributed by atoms with Crippen molar-refractivity contribution in [2.75, 3.05) is 39.4 Å². The molecule has 0 radical (unpaired) electrons. The average Bonchev–Trinajstić information content (AvgIpc) is 2.57. The summed E-state index contributed by atoms with van der Waals surface area (Å²) in [6.45, 7) is 6.86. The standard InChI is InChI=1S/C17H24ClFN2O/c18-12-15-2-1-14(11-17(15)19)13-20-5-3-16(4-6-20)21-7-9-22-10-8-21/h1-2,11,16H,3-10,12-13H2. The highest BCUT2D eigenvalue weighted by molar-refractivity contribution is 6.17. The molecule has 2 fully saturated rings. The van der Waals surface area contributed by atoms with E-state index in [1.165, 1.54) is 12.8 Å². The highest BCUT2D eigenvalue weighted by atomic mass is 35.5. The van der Waals surface area contributed by atoms with Crippen molar-refractivity contribution in [3.05, 3.63) is 35.1 Å². The molecule has 22 heavy (non-hydrogen) atoms. The van der Waals surface area contributed by atoms with Crippen LogP contribution in [0.1, 0.15) is 24.0 Å². The molecule has 0 N–H and O–H groups in total. The summed E-state index contributed by atoms with van der Waals surface area (Å²) in [5, 5.41) is 0. The van der Waals surface area contributed by atoms with Gasteiger partial charge in [-0.1, -0.05) is 12.1 Å². The van der Waals surface area contributed by atoms with Crippen molar-refractivity contribution in [3.8, 4) is 0 Å². The summed E-state index contributed by atoms with van der Waals surface area (Å²) in [4.78, 5) is 4.99. The number of benzene rings is 1. The van der Waals surface area contributed by atoms with Crippen LogP contribution in [0.5, 0.6) is 0 Å². The van der Waals surface area contributed by atoms with Crippen LogP contribution < -0.4 is 0 Å². The van der Waals surface area contributed by atoms with Gasteiger partial charge in [-0.3, -0.25) is 9.80 Å². The van der Waals surface area contributed by atoms with E-state index in [-0.39, 0.29) is 11.7 Å². The highest BCUT2D eigenvalue weighted by Gasteiger charge is 2.25. The zero-order chi connectivity index (χ0) is 15.4. The third kappa shape index (κ3) is 3.99. The maximum atomic E-state index is 13.8. The molecule has 0 saturated carbocycles. The lowest BCUT2D eigenvalue weighted by atomic mass is 10.0.